The summed E-state index contributed by atoms with van der Waals surface area (Å²) in [6.07, 6.45) is 6.06. The zero-order chi connectivity index (χ0) is 23.5. The van der Waals surface area contributed by atoms with Crippen LogP contribution in [0.4, 0.5) is 5.69 Å². The van der Waals surface area contributed by atoms with Gasteiger partial charge in [-0.25, -0.2) is 4.79 Å². The molecule has 0 aliphatic rings. The van der Waals surface area contributed by atoms with E-state index in [9.17, 15) is 14.4 Å². The standard InChI is InChI=1S/C27H23NO5/c1-32-27(31)20-28(25(29)18-12-21-8-4-2-5-9-21)23-14-16-24(17-15-23)33-26(30)19-13-22-10-6-3-7-11-22/h2-19H,20H2,1H3/b18-12+,19-13+. The van der Waals surface area contributed by atoms with Crippen LogP contribution in [0.2, 0.25) is 0 Å². The summed E-state index contributed by atoms with van der Waals surface area (Å²) < 4.78 is 10.0. The van der Waals surface area contributed by atoms with Gasteiger partial charge in [0.15, 0.2) is 0 Å². The van der Waals surface area contributed by atoms with Crippen LogP contribution in [-0.4, -0.2) is 31.5 Å². The lowest BCUT2D eigenvalue weighted by molar-refractivity contribution is -0.139. The highest BCUT2D eigenvalue weighted by molar-refractivity contribution is 6.06. The molecule has 0 saturated heterocycles. The molecule has 0 unspecified atom stereocenters. The highest BCUT2D eigenvalue weighted by atomic mass is 16.5. The highest BCUT2D eigenvalue weighted by Crippen LogP contribution is 2.21. The number of methoxy groups -OCH3 is 1. The molecule has 3 aromatic carbocycles. The molecular formula is C27H23NO5. The second kappa shape index (κ2) is 11.8. The number of carbonyl (C=O) groups is 3. The first kappa shape index (κ1) is 23.2. The molecule has 3 aromatic rings. The third-order valence-electron chi connectivity index (χ3n) is 4.58. The van der Waals surface area contributed by atoms with Gasteiger partial charge in [-0.15, -0.1) is 0 Å². The van der Waals surface area contributed by atoms with Crippen molar-refractivity contribution in [1.82, 2.24) is 0 Å². The molecular weight excluding hydrogens is 418 g/mol. The van der Waals surface area contributed by atoms with Crippen molar-refractivity contribution in [2.45, 2.75) is 0 Å². The summed E-state index contributed by atoms with van der Waals surface area (Å²) in [5, 5.41) is 0. The summed E-state index contributed by atoms with van der Waals surface area (Å²) in [5.41, 5.74) is 2.20. The van der Waals surface area contributed by atoms with Gasteiger partial charge in [-0.3, -0.25) is 14.5 Å². The van der Waals surface area contributed by atoms with E-state index in [0.717, 1.165) is 11.1 Å². The van der Waals surface area contributed by atoms with E-state index in [1.807, 2.05) is 60.7 Å². The lowest BCUT2D eigenvalue weighted by Gasteiger charge is -2.20. The molecule has 0 bridgehead atoms. The molecule has 0 N–H and O–H groups in total. The van der Waals surface area contributed by atoms with E-state index in [1.165, 1.54) is 24.2 Å². The van der Waals surface area contributed by atoms with Crippen molar-refractivity contribution < 1.29 is 23.9 Å². The van der Waals surface area contributed by atoms with Crippen molar-refractivity contribution in [2.24, 2.45) is 0 Å². The maximum absolute atomic E-state index is 12.8. The summed E-state index contributed by atoms with van der Waals surface area (Å²) >= 11 is 0. The Kier molecular flexibility index (Phi) is 8.31. The first-order chi connectivity index (χ1) is 16.0. The summed E-state index contributed by atoms with van der Waals surface area (Å²) in [5.74, 6) is -1.16. The monoisotopic (exact) mass is 441 g/mol. The smallest absolute Gasteiger partial charge is 0.336 e. The Morgan fingerprint density at radius 2 is 1.30 bits per heavy atom. The van der Waals surface area contributed by atoms with Crippen LogP contribution in [0.15, 0.2) is 97.1 Å². The molecule has 0 radical (unpaired) electrons. The summed E-state index contributed by atoms with van der Waals surface area (Å²) in [6.45, 7) is -0.257. The van der Waals surface area contributed by atoms with Gasteiger partial charge in [0.05, 0.1) is 7.11 Å². The zero-order valence-corrected chi connectivity index (χ0v) is 18.1. The molecule has 0 atom stereocenters. The van der Waals surface area contributed by atoms with Crippen molar-refractivity contribution >= 4 is 35.7 Å². The van der Waals surface area contributed by atoms with E-state index >= 15 is 0 Å². The number of hydrogen-bond acceptors (Lipinski definition) is 5. The fourth-order valence-corrected chi connectivity index (χ4v) is 2.88. The Balaban J connectivity index is 1.70. The van der Waals surface area contributed by atoms with Crippen LogP contribution in [0.3, 0.4) is 0 Å². The number of anilines is 1. The minimum Gasteiger partial charge on any atom is -0.468 e. The molecule has 6 nitrogen and oxygen atoms in total. The van der Waals surface area contributed by atoms with Crippen LogP contribution in [-0.2, 0) is 19.1 Å². The van der Waals surface area contributed by atoms with Gasteiger partial charge in [-0.2, -0.15) is 0 Å². The minimum absolute atomic E-state index is 0.257. The number of ether oxygens (including phenoxy) is 2. The SMILES string of the molecule is COC(=O)CN(C(=O)/C=C/c1ccccc1)c1ccc(OC(=O)/C=C/c2ccccc2)cc1. The molecule has 0 aliphatic heterocycles. The topological polar surface area (TPSA) is 72.9 Å². The maximum Gasteiger partial charge on any atom is 0.336 e. The largest absolute Gasteiger partial charge is 0.468 e. The molecule has 0 heterocycles. The van der Waals surface area contributed by atoms with Crippen LogP contribution in [0.1, 0.15) is 11.1 Å². The van der Waals surface area contributed by atoms with Crippen LogP contribution in [0.5, 0.6) is 5.75 Å². The number of rotatable bonds is 8. The van der Waals surface area contributed by atoms with Crippen molar-refractivity contribution in [3.63, 3.8) is 0 Å². The fourth-order valence-electron chi connectivity index (χ4n) is 2.88. The van der Waals surface area contributed by atoms with Gasteiger partial charge >= 0.3 is 11.9 Å². The van der Waals surface area contributed by atoms with Crippen molar-refractivity contribution in [1.29, 1.82) is 0 Å². The first-order valence-corrected chi connectivity index (χ1v) is 10.2. The lowest BCUT2D eigenvalue weighted by atomic mass is 10.2. The molecule has 0 aromatic heterocycles. The van der Waals surface area contributed by atoms with E-state index in [2.05, 4.69) is 0 Å². The van der Waals surface area contributed by atoms with E-state index in [1.54, 1.807) is 36.4 Å². The summed E-state index contributed by atoms with van der Waals surface area (Å²) in [6, 6.07) is 25.0. The molecule has 33 heavy (non-hydrogen) atoms. The quantitative estimate of drug-likeness (QED) is 0.292. The van der Waals surface area contributed by atoms with Crippen molar-refractivity contribution in [2.75, 3.05) is 18.6 Å². The van der Waals surface area contributed by atoms with Crippen LogP contribution in [0, 0.1) is 0 Å². The second-order valence-corrected chi connectivity index (χ2v) is 6.90. The van der Waals surface area contributed by atoms with Gasteiger partial charge in [-0.1, -0.05) is 60.7 Å². The molecule has 0 fully saturated rings. The van der Waals surface area contributed by atoms with Gasteiger partial charge in [-0.05, 0) is 47.5 Å². The number of amides is 1. The molecule has 0 saturated carbocycles. The van der Waals surface area contributed by atoms with E-state index in [4.69, 9.17) is 9.47 Å². The highest BCUT2D eigenvalue weighted by Gasteiger charge is 2.18. The molecule has 6 heteroatoms. The van der Waals surface area contributed by atoms with Crippen molar-refractivity contribution in [3.05, 3.63) is 108 Å². The van der Waals surface area contributed by atoms with E-state index < -0.39 is 11.9 Å². The lowest BCUT2D eigenvalue weighted by Crippen LogP contribution is -2.35. The number of carbonyl (C=O) groups excluding carboxylic acids is 3. The van der Waals surface area contributed by atoms with Gasteiger partial charge in [0.25, 0.3) is 5.91 Å². The number of hydrogen-bond donors (Lipinski definition) is 0. The van der Waals surface area contributed by atoms with Crippen LogP contribution < -0.4 is 9.64 Å². The van der Waals surface area contributed by atoms with Gasteiger partial charge < -0.3 is 9.47 Å². The predicted molar refractivity (Wildman–Crippen MR) is 127 cm³/mol. The Bertz CT molecular complexity index is 1140. The average molecular weight is 441 g/mol. The normalized spacial score (nSPS) is 10.8. The minimum atomic E-state index is -0.557. The third-order valence-corrected chi connectivity index (χ3v) is 4.58. The summed E-state index contributed by atoms with van der Waals surface area (Å²) in [7, 11) is 1.26. The molecule has 166 valence electrons. The van der Waals surface area contributed by atoms with E-state index in [0.29, 0.717) is 11.4 Å². The maximum atomic E-state index is 12.8. The molecule has 0 spiro atoms. The summed E-state index contributed by atoms with van der Waals surface area (Å²) in [4.78, 5) is 38.0. The van der Waals surface area contributed by atoms with Crippen LogP contribution >= 0.6 is 0 Å². The Morgan fingerprint density at radius 3 is 1.85 bits per heavy atom. The Hall–Kier alpha value is -4.45. The van der Waals surface area contributed by atoms with E-state index in [-0.39, 0.29) is 12.5 Å². The number of benzene rings is 3. The predicted octanol–water partition coefficient (Wildman–Crippen LogP) is 4.52. The Labute approximate surface area is 192 Å². The third kappa shape index (κ3) is 7.33. The van der Waals surface area contributed by atoms with Gasteiger partial charge in [0, 0.05) is 17.8 Å². The number of nitrogens with zero attached hydrogens (tertiary/aromatic N) is 1. The number of esters is 2. The van der Waals surface area contributed by atoms with Gasteiger partial charge in [0.2, 0.25) is 0 Å². The van der Waals surface area contributed by atoms with Crippen molar-refractivity contribution in [3.8, 4) is 5.75 Å². The Morgan fingerprint density at radius 1 is 0.758 bits per heavy atom. The molecule has 0 aliphatic carbocycles. The second-order valence-electron chi connectivity index (χ2n) is 6.90. The molecule has 1 amide bonds. The van der Waals surface area contributed by atoms with Crippen LogP contribution in [0.25, 0.3) is 12.2 Å². The first-order valence-electron chi connectivity index (χ1n) is 10.2. The average Bonchev–Trinajstić information content (AvgIpc) is 2.86. The zero-order valence-electron chi connectivity index (χ0n) is 18.1. The van der Waals surface area contributed by atoms with Gasteiger partial charge in [0.1, 0.15) is 12.3 Å². The molecule has 3 rings (SSSR count). The fraction of sp³-hybridized carbons (Fsp3) is 0.0741.